The van der Waals surface area contributed by atoms with Gasteiger partial charge in [0.1, 0.15) is 5.60 Å². The first-order valence-corrected chi connectivity index (χ1v) is 8.62. The van der Waals surface area contributed by atoms with Crippen LogP contribution in [0.3, 0.4) is 0 Å². The number of rotatable bonds is 6. The van der Waals surface area contributed by atoms with E-state index in [-0.39, 0.29) is 13.2 Å². The van der Waals surface area contributed by atoms with Gasteiger partial charge in [0.15, 0.2) is 0 Å². The maximum absolute atomic E-state index is 9.48. The molecule has 0 saturated heterocycles. The van der Waals surface area contributed by atoms with Gasteiger partial charge in [-0.3, -0.25) is 0 Å². The van der Waals surface area contributed by atoms with Crippen LogP contribution in [0.4, 0.5) is 0 Å². The molecule has 3 aromatic carbocycles. The predicted molar refractivity (Wildman–Crippen MR) is 102 cm³/mol. The van der Waals surface area contributed by atoms with Crippen LogP contribution in [0.25, 0.3) is 0 Å². The van der Waals surface area contributed by atoms with Crippen LogP contribution in [-0.2, 0) is 10.3 Å². The molecular weight excluding hydrogens is 308 g/mol. The fraction of sp³-hybridized carbons (Fsp3) is 0.217. The van der Waals surface area contributed by atoms with Gasteiger partial charge in [0, 0.05) is 0 Å². The minimum Gasteiger partial charge on any atom is -0.394 e. The highest BCUT2D eigenvalue weighted by Crippen LogP contribution is 2.43. The molecule has 0 radical (unpaired) electrons. The second-order valence-corrected chi connectivity index (χ2v) is 6.25. The number of ether oxygens (including phenoxy) is 1. The first-order chi connectivity index (χ1) is 12.2. The van der Waals surface area contributed by atoms with E-state index in [2.05, 4.69) is 50.2 Å². The smallest absolute Gasteiger partial charge is 0.144 e. The van der Waals surface area contributed by atoms with Crippen LogP contribution >= 0.6 is 0 Å². The van der Waals surface area contributed by atoms with E-state index < -0.39 is 5.60 Å². The third-order valence-corrected chi connectivity index (χ3v) is 4.64. The molecule has 2 heteroatoms. The molecule has 0 atom stereocenters. The zero-order chi connectivity index (χ0) is 17.7. The predicted octanol–water partition coefficient (Wildman–Crippen LogP) is 4.60. The summed E-state index contributed by atoms with van der Waals surface area (Å²) in [6.07, 6.45) is 0. The Morgan fingerprint density at radius 2 is 1.20 bits per heavy atom. The Hall–Kier alpha value is -2.42. The minimum absolute atomic E-state index is 0.0215. The third kappa shape index (κ3) is 3.23. The van der Waals surface area contributed by atoms with Crippen LogP contribution in [0.5, 0.6) is 0 Å². The summed E-state index contributed by atoms with van der Waals surface area (Å²) in [5.41, 5.74) is 4.83. The van der Waals surface area contributed by atoms with Gasteiger partial charge in [-0.15, -0.1) is 0 Å². The number of benzene rings is 3. The van der Waals surface area contributed by atoms with E-state index in [1.165, 1.54) is 0 Å². The van der Waals surface area contributed by atoms with Gasteiger partial charge >= 0.3 is 0 Å². The fourth-order valence-electron chi connectivity index (χ4n) is 3.50. The summed E-state index contributed by atoms with van der Waals surface area (Å²) in [6, 6.07) is 26.9. The Kier molecular flexibility index (Phi) is 5.32. The van der Waals surface area contributed by atoms with Crippen LogP contribution in [0.15, 0.2) is 78.9 Å². The van der Waals surface area contributed by atoms with E-state index in [0.29, 0.717) is 0 Å². The van der Waals surface area contributed by atoms with Crippen molar-refractivity contribution in [2.75, 3.05) is 13.2 Å². The summed E-state index contributed by atoms with van der Waals surface area (Å²) in [6.45, 7) is 4.45. The molecule has 0 unspecified atom stereocenters. The van der Waals surface area contributed by atoms with E-state index >= 15 is 0 Å². The molecule has 128 valence electrons. The highest BCUT2D eigenvalue weighted by molar-refractivity contribution is 5.52. The molecule has 3 aromatic rings. The van der Waals surface area contributed by atoms with Crippen molar-refractivity contribution in [3.63, 3.8) is 0 Å². The molecule has 2 nitrogen and oxygen atoms in total. The number of aliphatic hydroxyl groups is 1. The van der Waals surface area contributed by atoms with Crippen LogP contribution in [-0.4, -0.2) is 18.3 Å². The molecule has 0 aliphatic carbocycles. The molecule has 25 heavy (non-hydrogen) atoms. The van der Waals surface area contributed by atoms with Gasteiger partial charge in [0.05, 0.1) is 13.2 Å². The second kappa shape index (κ2) is 7.64. The van der Waals surface area contributed by atoms with E-state index in [9.17, 15) is 5.11 Å². The molecule has 0 fully saturated rings. The zero-order valence-electron chi connectivity index (χ0n) is 14.8. The lowest BCUT2D eigenvalue weighted by Crippen LogP contribution is -2.35. The van der Waals surface area contributed by atoms with E-state index in [0.717, 1.165) is 27.8 Å². The number of hydrogen-bond acceptors (Lipinski definition) is 2. The van der Waals surface area contributed by atoms with Gasteiger partial charge in [0.25, 0.3) is 0 Å². The lowest BCUT2D eigenvalue weighted by molar-refractivity contribution is -0.00717. The van der Waals surface area contributed by atoms with E-state index in [1.54, 1.807) is 0 Å². The number of aliphatic hydroxyl groups excluding tert-OH is 1. The molecule has 0 saturated carbocycles. The fourth-order valence-corrected chi connectivity index (χ4v) is 3.50. The molecule has 0 aliphatic heterocycles. The van der Waals surface area contributed by atoms with Gasteiger partial charge in [-0.1, -0.05) is 78.9 Å². The van der Waals surface area contributed by atoms with Crippen molar-refractivity contribution in [2.45, 2.75) is 19.4 Å². The molecular formula is C23H24O2. The molecule has 0 bridgehead atoms. The summed E-state index contributed by atoms with van der Waals surface area (Å²) in [5.74, 6) is 0. The first-order valence-electron chi connectivity index (χ1n) is 8.62. The second-order valence-electron chi connectivity index (χ2n) is 6.25. The van der Waals surface area contributed by atoms with E-state index in [4.69, 9.17) is 4.74 Å². The van der Waals surface area contributed by atoms with Crippen molar-refractivity contribution in [3.05, 3.63) is 107 Å². The maximum Gasteiger partial charge on any atom is 0.144 e. The monoisotopic (exact) mass is 332 g/mol. The zero-order valence-corrected chi connectivity index (χ0v) is 14.8. The standard InChI is InChI=1S/C23H24O2/c1-18-10-6-8-14-21(18)23(25-17-16-24,20-12-4-3-5-13-20)22-15-9-7-11-19(22)2/h3-15,24H,16-17H2,1-2H3. The minimum atomic E-state index is -0.749. The van der Waals surface area contributed by atoms with Crippen molar-refractivity contribution in [1.82, 2.24) is 0 Å². The van der Waals surface area contributed by atoms with Crippen molar-refractivity contribution < 1.29 is 9.84 Å². The summed E-state index contributed by atoms with van der Waals surface area (Å²) in [7, 11) is 0. The Bertz CT molecular complexity index is 779. The normalized spacial score (nSPS) is 11.5. The van der Waals surface area contributed by atoms with Gasteiger partial charge in [-0.25, -0.2) is 0 Å². The lowest BCUT2D eigenvalue weighted by atomic mass is 9.76. The molecule has 0 aliphatic rings. The van der Waals surface area contributed by atoms with Gasteiger partial charge in [0.2, 0.25) is 0 Å². The van der Waals surface area contributed by atoms with Crippen molar-refractivity contribution in [1.29, 1.82) is 0 Å². The SMILES string of the molecule is Cc1ccccc1C(OCCO)(c1ccccc1)c1ccccc1C. The van der Waals surface area contributed by atoms with Crippen LogP contribution in [0, 0.1) is 13.8 Å². The highest BCUT2D eigenvalue weighted by Gasteiger charge is 2.39. The topological polar surface area (TPSA) is 29.5 Å². The first kappa shape index (κ1) is 17.4. The van der Waals surface area contributed by atoms with Crippen LogP contribution in [0.1, 0.15) is 27.8 Å². The van der Waals surface area contributed by atoms with Gasteiger partial charge in [-0.2, -0.15) is 0 Å². The molecule has 0 amide bonds. The number of hydrogen-bond donors (Lipinski definition) is 1. The molecule has 0 spiro atoms. The van der Waals surface area contributed by atoms with Gasteiger partial charge < -0.3 is 9.84 Å². The largest absolute Gasteiger partial charge is 0.394 e. The summed E-state index contributed by atoms with van der Waals surface area (Å²) < 4.78 is 6.45. The summed E-state index contributed by atoms with van der Waals surface area (Å²) in [4.78, 5) is 0. The average Bonchev–Trinajstić information content (AvgIpc) is 2.65. The molecule has 0 aromatic heterocycles. The highest BCUT2D eigenvalue weighted by atomic mass is 16.5. The van der Waals surface area contributed by atoms with E-state index in [1.807, 2.05) is 42.5 Å². The Morgan fingerprint density at radius 1 is 0.720 bits per heavy atom. The summed E-state index contributed by atoms with van der Waals surface area (Å²) in [5, 5.41) is 9.48. The maximum atomic E-state index is 9.48. The van der Waals surface area contributed by atoms with Crippen LogP contribution in [0.2, 0.25) is 0 Å². The molecule has 0 heterocycles. The Morgan fingerprint density at radius 3 is 1.68 bits per heavy atom. The van der Waals surface area contributed by atoms with Gasteiger partial charge in [-0.05, 0) is 41.7 Å². The lowest BCUT2D eigenvalue weighted by Gasteiger charge is -2.37. The van der Waals surface area contributed by atoms with Crippen molar-refractivity contribution in [3.8, 4) is 0 Å². The number of aryl methyl sites for hydroxylation is 2. The average molecular weight is 332 g/mol. The quantitative estimate of drug-likeness (QED) is 0.668. The molecule has 3 rings (SSSR count). The Labute approximate surface area is 149 Å². The molecule has 1 N–H and O–H groups in total. The van der Waals surface area contributed by atoms with Crippen LogP contribution < -0.4 is 0 Å². The van der Waals surface area contributed by atoms with Crippen molar-refractivity contribution in [2.24, 2.45) is 0 Å². The third-order valence-electron chi connectivity index (χ3n) is 4.64. The van der Waals surface area contributed by atoms with Crippen molar-refractivity contribution >= 4 is 0 Å². The Balaban J connectivity index is 2.36. The summed E-state index contributed by atoms with van der Waals surface area (Å²) >= 11 is 0.